The molecule has 1 aliphatic carbocycles. The molecular weight excluding hydrogens is 613 g/mol. The van der Waals surface area contributed by atoms with E-state index in [9.17, 15) is 27.6 Å². The molecule has 11 nitrogen and oxygen atoms in total. The molecule has 2 fully saturated rings. The fourth-order valence-corrected chi connectivity index (χ4v) is 6.40. The van der Waals surface area contributed by atoms with Gasteiger partial charge in [0, 0.05) is 50.0 Å². The van der Waals surface area contributed by atoms with Gasteiger partial charge in [-0.05, 0) is 63.6 Å². The van der Waals surface area contributed by atoms with Gasteiger partial charge in [0.15, 0.2) is 11.4 Å². The number of carbonyl (C=O) groups is 3. The number of anilines is 1. The smallest absolute Gasteiger partial charge is 0.336 e. The number of ketones is 1. The van der Waals surface area contributed by atoms with Crippen LogP contribution in [-0.4, -0.2) is 63.7 Å². The summed E-state index contributed by atoms with van der Waals surface area (Å²) in [6.45, 7) is 7.77. The van der Waals surface area contributed by atoms with Crippen molar-refractivity contribution < 1.29 is 30.3 Å². The summed E-state index contributed by atoms with van der Waals surface area (Å²) in [5.74, 6) is -2.20. The van der Waals surface area contributed by atoms with Crippen molar-refractivity contribution in [1.82, 2.24) is 34.0 Å². The van der Waals surface area contributed by atoms with E-state index in [-0.39, 0.29) is 23.7 Å². The van der Waals surface area contributed by atoms with Crippen LogP contribution in [0.15, 0.2) is 42.9 Å². The number of carbonyl (C=O) groups excluding carboxylic acids is 3. The quantitative estimate of drug-likeness (QED) is 0.248. The molecule has 2 amide bonds. The van der Waals surface area contributed by atoms with Crippen molar-refractivity contribution in [3.63, 3.8) is 0 Å². The Bertz CT molecular complexity index is 2250. The summed E-state index contributed by atoms with van der Waals surface area (Å²) in [7, 11) is 0. The Hall–Kier alpha value is -5.14. The minimum atomic E-state index is -4.76. The van der Waals surface area contributed by atoms with Gasteiger partial charge in [0.1, 0.15) is 24.1 Å². The van der Waals surface area contributed by atoms with E-state index in [4.69, 9.17) is 7.73 Å². The third-order valence-corrected chi connectivity index (χ3v) is 8.88. The summed E-state index contributed by atoms with van der Waals surface area (Å²) in [4.78, 5) is 54.6. The second-order valence-electron chi connectivity index (χ2n) is 12.5. The SMILES string of the molecule is [2H]C1([2H])[C@@H](C(=O)Nc2nc(C(F)(F)F)ccc2C)N(C(=O)Cn2cc(C(C)=O)c3cc(-c4cnc5cc(C)nn5c4)nc(C)c32)[C@@H]2C[C@@]21C. The molecule has 47 heavy (non-hydrogen) atoms. The number of pyridine rings is 2. The lowest BCUT2D eigenvalue weighted by Crippen LogP contribution is -2.46. The largest absolute Gasteiger partial charge is 0.433 e. The van der Waals surface area contributed by atoms with E-state index in [0.29, 0.717) is 45.5 Å². The van der Waals surface area contributed by atoms with Gasteiger partial charge in [-0.3, -0.25) is 19.4 Å². The number of amides is 2. The Kier molecular flexibility index (Phi) is 6.24. The number of aryl methyl sites for hydroxylation is 3. The van der Waals surface area contributed by atoms with E-state index in [2.05, 4.69) is 20.4 Å². The molecule has 1 saturated carbocycles. The highest BCUT2D eigenvalue weighted by Crippen LogP contribution is 2.59. The molecule has 0 spiro atoms. The molecule has 5 aromatic heterocycles. The highest BCUT2D eigenvalue weighted by atomic mass is 19.4. The number of rotatable bonds is 6. The molecule has 7 rings (SSSR count). The van der Waals surface area contributed by atoms with Crippen LogP contribution < -0.4 is 5.32 Å². The number of piperidine rings is 1. The maximum absolute atomic E-state index is 14.1. The molecular formula is C33H31F3N8O3. The highest BCUT2D eigenvalue weighted by Gasteiger charge is 2.64. The predicted molar refractivity (Wildman–Crippen MR) is 166 cm³/mol. The minimum Gasteiger partial charge on any atom is -0.336 e. The third-order valence-electron chi connectivity index (χ3n) is 8.88. The zero-order valence-corrected chi connectivity index (χ0v) is 26.1. The first-order valence-corrected chi connectivity index (χ1v) is 14.9. The molecule has 0 radical (unpaired) electrons. The number of hydrogen-bond donors (Lipinski definition) is 1. The van der Waals surface area contributed by atoms with Gasteiger partial charge in [0.25, 0.3) is 0 Å². The number of likely N-dealkylation sites (tertiary alicyclic amines) is 1. The number of alkyl halides is 3. The molecule has 14 heteroatoms. The second kappa shape index (κ2) is 10.4. The summed E-state index contributed by atoms with van der Waals surface area (Å²) in [6.07, 6.45) is -1.67. The number of Topliss-reactive ketones (excluding diaryl/α,β-unsaturated/α-hetero) is 1. The number of aromatic nitrogens is 6. The van der Waals surface area contributed by atoms with Crippen molar-refractivity contribution in [2.24, 2.45) is 5.41 Å². The lowest BCUT2D eigenvalue weighted by molar-refractivity contribution is -0.141. The Morgan fingerprint density at radius 1 is 1.13 bits per heavy atom. The van der Waals surface area contributed by atoms with Crippen LogP contribution in [0.4, 0.5) is 19.0 Å². The van der Waals surface area contributed by atoms with E-state index < -0.39 is 47.6 Å². The monoisotopic (exact) mass is 646 g/mol. The molecule has 2 aliphatic rings. The number of halogens is 3. The highest BCUT2D eigenvalue weighted by molar-refractivity contribution is 6.08. The van der Waals surface area contributed by atoms with E-state index >= 15 is 0 Å². The van der Waals surface area contributed by atoms with Gasteiger partial charge >= 0.3 is 6.18 Å². The Morgan fingerprint density at radius 3 is 2.62 bits per heavy atom. The Morgan fingerprint density at radius 2 is 1.89 bits per heavy atom. The van der Waals surface area contributed by atoms with Crippen LogP contribution >= 0.6 is 0 Å². The summed E-state index contributed by atoms with van der Waals surface area (Å²) in [5.41, 5.74) is 2.00. The standard InChI is InChI=1S/C33H31F3N8O3/c1-16-6-7-25(33(34,35)36)39-30(16)40-31(47)24-10-32(5)11-26(32)44(24)28(46)15-42-14-22(19(4)45)21-9-23(38-18(3)29(21)42)20-12-37-27-8-17(2)41-43(27)13-20/h6-9,12-14,24,26H,10-11,15H2,1-5H3,(H,39,40,47)/t24-,26+,32-/m0/s1/i10D2. The van der Waals surface area contributed by atoms with Gasteiger partial charge in [-0.15, -0.1) is 0 Å². The van der Waals surface area contributed by atoms with Crippen LogP contribution in [-0.2, 0) is 22.3 Å². The molecule has 1 saturated heterocycles. The van der Waals surface area contributed by atoms with Crippen LogP contribution in [0.1, 0.15) is 62.4 Å². The average molecular weight is 647 g/mol. The molecule has 0 aromatic carbocycles. The maximum Gasteiger partial charge on any atom is 0.433 e. The lowest BCUT2D eigenvalue weighted by Gasteiger charge is -2.27. The van der Waals surface area contributed by atoms with Crippen molar-refractivity contribution in [2.45, 2.75) is 72.2 Å². The van der Waals surface area contributed by atoms with Crippen LogP contribution in [0.25, 0.3) is 27.8 Å². The molecule has 242 valence electrons. The third kappa shape index (κ3) is 5.21. The van der Waals surface area contributed by atoms with E-state index in [1.54, 1.807) is 47.6 Å². The summed E-state index contributed by atoms with van der Waals surface area (Å²) in [5, 5.41) is 7.32. The molecule has 0 unspecified atom stereocenters. The van der Waals surface area contributed by atoms with Crippen molar-refractivity contribution in [3.8, 4) is 11.3 Å². The van der Waals surface area contributed by atoms with Crippen molar-refractivity contribution >= 4 is 40.0 Å². The molecule has 3 atom stereocenters. The number of hydrogen-bond acceptors (Lipinski definition) is 7. The van der Waals surface area contributed by atoms with Gasteiger partial charge in [-0.1, -0.05) is 13.0 Å². The average Bonchev–Trinajstić information content (AvgIpc) is 3.28. The summed E-state index contributed by atoms with van der Waals surface area (Å²) >= 11 is 0. The Labute approximate surface area is 269 Å². The summed E-state index contributed by atoms with van der Waals surface area (Å²) in [6, 6.07) is 3.27. The molecule has 5 aromatic rings. The first-order valence-electron chi connectivity index (χ1n) is 15.9. The van der Waals surface area contributed by atoms with E-state index in [0.717, 1.165) is 17.8 Å². The van der Waals surface area contributed by atoms with Crippen LogP contribution in [0, 0.1) is 26.2 Å². The van der Waals surface area contributed by atoms with Crippen LogP contribution in [0.5, 0.6) is 0 Å². The molecule has 1 aliphatic heterocycles. The normalized spacial score (nSPS) is 22.3. The number of nitrogens with zero attached hydrogens (tertiary/aromatic N) is 7. The first-order chi connectivity index (χ1) is 22.9. The molecule has 6 heterocycles. The Balaban J connectivity index is 1.23. The predicted octanol–water partition coefficient (Wildman–Crippen LogP) is 5.31. The molecule has 0 bridgehead atoms. The van der Waals surface area contributed by atoms with E-state index in [1.165, 1.54) is 18.7 Å². The summed E-state index contributed by atoms with van der Waals surface area (Å²) < 4.78 is 61.1. The topological polar surface area (TPSA) is 127 Å². The zero-order valence-electron chi connectivity index (χ0n) is 28.1. The zero-order chi connectivity index (χ0) is 35.4. The minimum absolute atomic E-state index is 0.238. The van der Waals surface area contributed by atoms with Gasteiger partial charge in [0.2, 0.25) is 11.8 Å². The van der Waals surface area contributed by atoms with Crippen molar-refractivity contribution in [3.05, 3.63) is 71.1 Å². The van der Waals surface area contributed by atoms with E-state index in [1.807, 2.05) is 13.0 Å². The van der Waals surface area contributed by atoms with Crippen LogP contribution in [0.3, 0.4) is 0 Å². The van der Waals surface area contributed by atoms with Gasteiger partial charge in [-0.2, -0.15) is 18.3 Å². The number of fused-ring (bicyclic) bond motifs is 3. The van der Waals surface area contributed by atoms with Gasteiger partial charge < -0.3 is 14.8 Å². The number of nitrogens with one attached hydrogen (secondary N) is 1. The fraction of sp³-hybridized carbons (Fsp3) is 0.364. The van der Waals surface area contributed by atoms with Crippen molar-refractivity contribution in [2.75, 3.05) is 5.32 Å². The lowest BCUT2D eigenvalue weighted by atomic mass is 10.0. The van der Waals surface area contributed by atoms with Gasteiger partial charge in [0.05, 0.1) is 22.6 Å². The maximum atomic E-state index is 14.1. The first kappa shape index (κ1) is 28.1. The van der Waals surface area contributed by atoms with Crippen molar-refractivity contribution in [1.29, 1.82) is 0 Å². The fourth-order valence-electron chi connectivity index (χ4n) is 6.40. The van der Waals surface area contributed by atoms with Crippen LogP contribution in [0.2, 0.25) is 0 Å². The van der Waals surface area contributed by atoms with Gasteiger partial charge in [-0.25, -0.2) is 14.5 Å². The second-order valence-corrected chi connectivity index (χ2v) is 12.5. The molecule has 1 N–H and O–H groups in total.